The van der Waals surface area contributed by atoms with Crippen molar-refractivity contribution in [2.45, 2.75) is 56.1 Å². The molecule has 0 radical (unpaired) electrons. The van der Waals surface area contributed by atoms with E-state index >= 15 is 0 Å². The van der Waals surface area contributed by atoms with E-state index in [1.165, 1.54) is 12.7 Å². The van der Waals surface area contributed by atoms with Gasteiger partial charge in [0.25, 0.3) is 0 Å². The molecule has 1 aliphatic rings. The highest BCUT2D eigenvalue weighted by molar-refractivity contribution is 7.89. The van der Waals surface area contributed by atoms with Crippen LogP contribution in [0.25, 0.3) is 0 Å². The van der Waals surface area contributed by atoms with E-state index in [1.54, 1.807) is 12.1 Å². The van der Waals surface area contributed by atoms with Gasteiger partial charge < -0.3 is 4.74 Å². The van der Waals surface area contributed by atoms with E-state index in [2.05, 4.69) is 38.6 Å². The number of allylic oxidation sites excluding steroid dienone is 1. The molecule has 172 valence electrons. The third-order valence-corrected chi connectivity index (χ3v) is 7.21. The minimum atomic E-state index is -3.57. The van der Waals surface area contributed by atoms with Crippen LogP contribution in [0.3, 0.4) is 0 Å². The van der Waals surface area contributed by atoms with Gasteiger partial charge in [-0.05, 0) is 43.9 Å². The molecule has 0 spiro atoms. The fourth-order valence-electron chi connectivity index (χ4n) is 3.94. The molecule has 0 unspecified atom stereocenters. The molecule has 2 aromatic carbocycles. The third kappa shape index (κ3) is 7.02. The number of nitrogens with one attached hydrogen (secondary N) is 1. The first-order valence-corrected chi connectivity index (χ1v) is 12.5. The van der Waals surface area contributed by atoms with Crippen LogP contribution in [0, 0.1) is 6.92 Å². The summed E-state index contributed by atoms with van der Waals surface area (Å²) >= 11 is 0. The number of methoxy groups -OCH3 is 1. The van der Waals surface area contributed by atoms with Gasteiger partial charge in [0.2, 0.25) is 10.0 Å². The quantitative estimate of drug-likeness (QED) is 0.334. The molecule has 0 bridgehead atoms. The van der Waals surface area contributed by atoms with Crippen molar-refractivity contribution >= 4 is 16.0 Å². The van der Waals surface area contributed by atoms with Gasteiger partial charge in [-0.25, -0.2) is 13.1 Å². The normalized spacial score (nSPS) is 19.4. The Labute approximate surface area is 191 Å². The molecule has 0 amide bonds. The predicted octanol–water partition coefficient (Wildman–Crippen LogP) is 3.82. The lowest BCUT2D eigenvalue weighted by Crippen LogP contribution is -2.37. The van der Waals surface area contributed by atoms with E-state index in [0.29, 0.717) is 24.3 Å². The van der Waals surface area contributed by atoms with Crippen LogP contribution in [0.4, 0.5) is 0 Å². The standard InChI is InChI=1S/C25H32N2O4S/c1-20-13-15-24(16-14-20)32(29,30)26-22-17-23(11-7-4-8-12-25(28)31-2)27(19-22)18-21-9-5-3-6-10-21/h3,5-7,9-11,13-16,22-23,26H,4,8,12,17-19H2,1-2H3/b11-7-/t22-,23-/m1/s1. The molecule has 1 fully saturated rings. The first-order valence-electron chi connectivity index (χ1n) is 11.0. The second-order valence-corrected chi connectivity index (χ2v) is 9.96. The Kier molecular flexibility index (Phi) is 8.61. The topological polar surface area (TPSA) is 75.7 Å². The monoisotopic (exact) mass is 456 g/mol. The molecule has 1 saturated heterocycles. The molecular weight excluding hydrogens is 424 g/mol. The van der Waals surface area contributed by atoms with Gasteiger partial charge in [0, 0.05) is 31.6 Å². The van der Waals surface area contributed by atoms with Crippen molar-refractivity contribution in [3.8, 4) is 0 Å². The number of ether oxygens (including phenoxy) is 1. The maximum absolute atomic E-state index is 12.9. The van der Waals surface area contributed by atoms with Gasteiger partial charge in [-0.1, -0.05) is 60.2 Å². The van der Waals surface area contributed by atoms with E-state index in [1.807, 2.05) is 37.3 Å². The molecule has 1 N–H and O–H groups in total. The SMILES string of the molecule is COC(=O)CCC/C=C\[C@@H]1C[C@@H](NS(=O)(=O)c2ccc(C)cc2)CN1Cc1ccccc1. The summed E-state index contributed by atoms with van der Waals surface area (Å²) < 4.78 is 33.3. The number of aryl methyl sites for hydroxylation is 1. The summed E-state index contributed by atoms with van der Waals surface area (Å²) in [5, 5.41) is 0. The van der Waals surface area contributed by atoms with Gasteiger partial charge in [-0.2, -0.15) is 0 Å². The van der Waals surface area contributed by atoms with Gasteiger partial charge in [-0.15, -0.1) is 0 Å². The number of esters is 1. The molecule has 1 heterocycles. The lowest BCUT2D eigenvalue weighted by Gasteiger charge is -2.22. The largest absolute Gasteiger partial charge is 0.469 e. The van der Waals surface area contributed by atoms with Gasteiger partial charge >= 0.3 is 5.97 Å². The first-order chi connectivity index (χ1) is 15.4. The molecule has 6 nitrogen and oxygen atoms in total. The number of benzene rings is 2. The fraction of sp³-hybridized carbons (Fsp3) is 0.400. The van der Waals surface area contributed by atoms with Crippen LogP contribution in [0.5, 0.6) is 0 Å². The average Bonchev–Trinajstić information content (AvgIpc) is 3.14. The molecule has 3 rings (SSSR count). The van der Waals surface area contributed by atoms with Gasteiger partial charge in [-0.3, -0.25) is 9.69 Å². The molecule has 2 aromatic rings. The van der Waals surface area contributed by atoms with Crippen molar-refractivity contribution in [1.82, 2.24) is 9.62 Å². The van der Waals surface area contributed by atoms with E-state index in [0.717, 1.165) is 24.9 Å². The van der Waals surface area contributed by atoms with Crippen LogP contribution in [0.1, 0.15) is 36.8 Å². The van der Waals surface area contributed by atoms with Crippen molar-refractivity contribution in [2.75, 3.05) is 13.7 Å². The number of carbonyl (C=O) groups excluding carboxylic acids is 1. The zero-order valence-corrected chi connectivity index (χ0v) is 19.6. The smallest absolute Gasteiger partial charge is 0.305 e. The Bertz CT molecular complexity index is 1000. The van der Waals surface area contributed by atoms with Crippen LogP contribution >= 0.6 is 0 Å². The Morgan fingerprint density at radius 1 is 1.16 bits per heavy atom. The van der Waals surface area contributed by atoms with Crippen LogP contribution in [0.15, 0.2) is 71.6 Å². The summed E-state index contributed by atoms with van der Waals surface area (Å²) in [5.41, 5.74) is 2.22. The minimum absolute atomic E-state index is 0.124. The first kappa shape index (κ1) is 24.2. The summed E-state index contributed by atoms with van der Waals surface area (Å²) in [6.45, 7) is 3.32. The maximum atomic E-state index is 12.9. The van der Waals surface area contributed by atoms with Gasteiger partial charge in [0.05, 0.1) is 12.0 Å². The lowest BCUT2D eigenvalue weighted by atomic mass is 10.1. The molecule has 7 heteroatoms. The predicted molar refractivity (Wildman–Crippen MR) is 126 cm³/mol. The van der Waals surface area contributed by atoms with Crippen LogP contribution < -0.4 is 4.72 Å². The van der Waals surface area contributed by atoms with Crippen LogP contribution in [-0.2, 0) is 26.1 Å². The van der Waals surface area contributed by atoms with E-state index in [4.69, 9.17) is 0 Å². The highest BCUT2D eigenvalue weighted by Gasteiger charge is 2.33. The highest BCUT2D eigenvalue weighted by Crippen LogP contribution is 2.24. The van der Waals surface area contributed by atoms with Crippen molar-refractivity contribution < 1.29 is 17.9 Å². The maximum Gasteiger partial charge on any atom is 0.305 e. The lowest BCUT2D eigenvalue weighted by molar-refractivity contribution is -0.140. The molecule has 2 atom stereocenters. The number of nitrogens with zero attached hydrogens (tertiary/aromatic N) is 1. The number of likely N-dealkylation sites (tertiary alicyclic amines) is 1. The average molecular weight is 457 g/mol. The minimum Gasteiger partial charge on any atom is -0.469 e. The third-order valence-electron chi connectivity index (χ3n) is 5.67. The molecule has 0 saturated carbocycles. The number of unbranched alkanes of at least 4 members (excludes halogenated alkanes) is 1. The van der Waals surface area contributed by atoms with Crippen molar-refractivity contribution in [2.24, 2.45) is 0 Å². The fourth-order valence-corrected chi connectivity index (χ4v) is 5.18. The highest BCUT2D eigenvalue weighted by atomic mass is 32.2. The second kappa shape index (κ2) is 11.4. The Morgan fingerprint density at radius 3 is 2.56 bits per heavy atom. The van der Waals surface area contributed by atoms with E-state index in [-0.39, 0.29) is 18.1 Å². The summed E-state index contributed by atoms with van der Waals surface area (Å²) in [4.78, 5) is 13.9. The number of carbonyl (C=O) groups is 1. The number of rotatable bonds is 10. The summed E-state index contributed by atoms with van der Waals surface area (Å²) in [5.74, 6) is -0.199. The second-order valence-electron chi connectivity index (χ2n) is 8.25. The zero-order chi connectivity index (χ0) is 23.0. The van der Waals surface area contributed by atoms with E-state index < -0.39 is 10.0 Å². The Morgan fingerprint density at radius 2 is 1.88 bits per heavy atom. The molecule has 0 aliphatic carbocycles. The molecule has 32 heavy (non-hydrogen) atoms. The van der Waals surface area contributed by atoms with Gasteiger partial charge in [0.1, 0.15) is 0 Å². The van der Waals surface area contributed by atoms with E-state index in [9.17, 15) is 13.2 Å². The Balaban J connectivity index is 1.66. The Hall–Kier alpha value is -2.48. The van der Waals surface area contributed by atoms with Crippen molar-refractivity contribution in [3.05, 3.63) is 77.9 Å². The van der Waals surface area contributed by atoms with Crippen LogP contribution in [0.2, 0.25) is 0 Å². The number of hydrogen-bond donors (Lipinski definition) is 1. The molecule has 0 aromatic heterocycles. The summed E-state index contributed by atoms with van der Waals surface area (Å²) in [6.07, 6.45) is 6.84. The molecular formula is C25H32N2O4S. The van der Waals surface area contributed by atoms with Gasteiger partial charge in [0.15, 0.2) is 0 Å². The van der Waals surface area contributed by atoms with Crippen LogP contribution in [-0.4, -0.2) is 45.0 Å². The van der Waals surface area contributed by atoms with Crippen molar-refractivity contribution in [3.63, 3.8) is 0 Å². The number of sulfonamides is 1. The summed E-state index contributed by atoms with van der Waals surface area (Å²) in [6, 6.07) is 17.1. The zero-order valence-electron chi connectivity index (χ0n) is 18.7. The summed E-state index contributed by atoms with van der Waals surface area (Å²) in [7, 11) is -2.18. The number of hydrogen-bond acceptors (Lipinski definition) is 5. The molecule has 1 aliphatic heterocycles. The van der Waals surface area contributed by atoms with Crippen molar-refractivity contribution in [1.29, 1.82) is 0 Å².